The van der Waals surface area contributed by atoms with Gasteiger partial charge in [0.1, 0.15) is 0 Å². The summed E-state index contributed by atoms with van der Waals surface area (Å²) in [7, 11) is 0. The highest BCUT2D eigenvalue weighted by Gasteiger charge is 2.29. The lowest BCUT2D eigenvalue weighted by Crippen LogP contribution is -2.27. The molecule has 1 rings (SSSR count). The van der Waals surface area contributed by atoms with Gasteiger partial charge in [0.2, 0.25) is 0 Å². The summed E-state index contributed by atoms with van der Waals surface area (Å²) in [5, 5.41) is 0. The average Bonchev–Trinajstić information content (AvgIpc) is 2.04. The summed E-state index contributed by atoms with van der Waals surface area (Å²) >= 11 is 0. The number of hydrogen-bond donors (Lipinski definition) is 0. The van der Waals surface area contributed by atoms with Gasteiger partial charge in [0.15, 0.2) is 0 Å². The molecule has 0 aromatic carbocycles. The van der Waals surface area contributed by atoms with Gasteiger partial charge < -0.3 is 0 Å². The first-order valence-corrected chi connectivity index (χ1v) is 5.94. The van der Waals surface area contributed by atoms with Crippen LogP contribution in [-0.2, 0) is 0 Å². The van der Waals surface area contributed by atoms with Crippen molar-refractivity contribution in [3.63, 3.8) is 0 Å². The predicted octanol–water partition coefficient (Wildman–Crippen LogP) is 4.31. The van der Waals surface area contributed by atoms with Crippen LogP contribution in [0.25, 0.3) is 0 Å². The van der Waals surface area contributed by atoms with Gasteiger partial charge in [-0.05, 0) is 36.5 Å². The molecule has 1 radical (unpaired) electrons. The Bertz CT molecular complexity index is 137. The molecule has 1 aliphatic rings. The van der Waals surface area contributed by atoms with Crippen LogP contribution in [0.4, 0.5) is 0 Å². The molecule has 1 saturated carbocycles. The van der Waals surface area contributed by atoms with E-state index in [2.05, 4.69) is 27.7 Å². The first-order valence-electron chi connectivity index (χ1n) is 5.94. The molecule has 0 aromatic rings. The van der Waals surface area contributed by atoms with Gasteiger partial charge in [-0.3, -0.25) is 0 Å². The highest BCUT2D eigenvalue weighted by atomic mass is 14.3. The molecule has 13 heavy (non-hydrogen) atoms. The minimum absolute atomic E-state index is 0.879. The minimum atomic E-state index is 0.879. The fraction of sp³-hybridized carbons (Fsp3) is 0.923. The van der Waals surface area contributed by atoms with Gasteiger partial charge in [0.25, 0.3) is 0 Å². The molecular weight excluding hydrogens is 156 g/mol. The van der Waals surface area contributed by atoms with Crippen molar-refractivity contribution in [2.75, 3.05) is 0 Å². The summed E-state index contributed by atoms with van der Waals surface area (Å²) in [4.78, 5) is 0. The Balaban J connectivity index is 2.50. The second-order valence-electron chi connectivity index (χ2n) is 5.23. The monoisotopic (exact) mass is 181 g/mol. The van der Waals surface area contributed by atoms with Gasteiger partial charge in [-0.1, -0.05) is 47.0 Å². The second-order valence-corrected chi connectivity index (χ2v) is 5.23. The largest absolute Gasteiger partial charge is 0.0625 e. The zero-order valence-corrected chi connectivity index (χ0v) is 9.55. The van der Waals surface area contributed by atoms with Crippen LogP contribution in [0.5, 0.6) is 0 Å². The number of hydrogen-bond acceptors (Lipinski definition) is 0. The third-order valence-electron chi connectivity index (χ3n) is 3.73. The summed E-state index contributed by atoms with van der Waals surface area (Å²) in [6.45, 7) is 11.2. The normalized spacial score (nSPS) is 35.3. The molecule has 0 aromatic heterocycles. The molecule has 0 saturated heterocycles. The maximum Gasteiger partial charge on any atom is -0.0362 e. The molecule has 0 aliphatic heterocycles. The van der Waals surface area contributed by atoms with E-state index < -0.39 is 0 Å². The van der Waals surface area contributed by atoms with Crippen LogP contribution in [0.15, 0.2) is 0 Å². The Hall–Kier alpha value is 0. The van der Waals surface area contributed by atoms with E-state index in [0.717, 1.165) is 30.1 Å². The van der Waals surface area contributed by atoms with Crippen LogP contribution in [0.1, 0.15) is 52.9 Å². The van der Waals surface area contributed by atoms with Crippen LogP contribution in [0.3, 0.4) is 0 Å². The molecule has 1 aliphatic carbocycles. The van der Waals surface area contributed by atoms with Crippen molar-refractivity contribution in [1.82, 2.24) is 0 Å². The topological polar surface area (TPSA) is 0 Å². The van der Waals surface area contributed by atoms with Gasteiger partial charge >= 0.3 is 0 Å². The van der Waals surface area contributed by atoms with E-state index in [4.69, 9.17) is 0 Å². The van der Waals surface area contributed by atoms with Gasteiger partial charge in [-0.2, -0.15) is 0 Å². The Kier molecular flexibility index (Phi) is 4.28. The van der Waals surface area contributed by atoms with Gasteiger partial charge in [-0.25, -0.2) is 0 Å². The fourth-order valence-electron chi connectivity index (χ4n) is 2.99. The fourth-order valence-corrected chi connectivity index (χ4v) is 2.99. The van der Waals surface area contributed by atoms with E-state index in [1.807, 2.05) is 0 Å². The molecule has 0 N–H and O–H groups in total. The quantitative estimate of drug-likeness (QED) is 0.608. The Morgan fingerprint density at radius 2 is 2.00 bits per heavy atom. The van der Waals surface area contributed by atoms with E-state index in [9.17, 15) is 0 Å². The molecular formula is C13H25. The molecule has 0 nitrogen and oxygen atoms in total. The zero-order valence-electron chi connectivity index (χ0n) is 9.55. The van der Waals surface area contributed by atoms with Crippen molar-refractivity contribution in [3.05, 3.63) is 6.92 Å². The van der Waals surface area contributed by atoms with E-state index in [1.165, 1.54) is 25.7 Å². The van der Waals surface area contributed by atoms with Gasteiger partial charge in [-0.15, -0.1) is 0 Å². The molecule has 0 bridgehead atoms. The van der Waals surface area contributed by atoms with E-state index in [-0.39, 0.29) is 0 Å². The van der Waals surface area contributed by atoms with Crippen molar-refractivity contribution in [2.45, 2.75) is 52.9 Å². The maximum atomic E-state index is 4.00. The van der Waals surface area contributed by atoms with Crippen LogP contribution >= 0.6 is 0 Å². The summed E-state index contributed by atoms with van der Waals surface area (Å²) in [5.41, 5.74) is 0. The van der Waals surface area contributed by atoms with Crippen molar-refractivity contribution in [1.29, 1.82) is 0 Å². The maximum absolute atomic E-state index is 4.00. The first kappa shape index (κ1) is 11.1. The molecule has 77 valence electrons. The number of rotatable bonds is 3. The molecule has 3 atom stereocenters. The Morgan fingerprint density at radius 1 is 1.31 bits per heavy atom. The third kappa shape index (κ3) is 3.00. The minimum Gasteiger partial charge on any atom is -0.0625 e. The van der Waals surface area contributed by atoms with Crippen LogP contribution in [0, 0.1) is 30.6 Å². The van der Waals surface area contributed by atoms with Crippen molar-refractivity contribution in [2.24, 2.45) is 23.7 Å². The predicted molar refractivity (Wildman–Crippen MR) is 59.4 cm³/mol. The van der Waals surface area contributed by atoms with E-state index in [0.29, 0.717) is 0 Å². The van der Waals surface area contributed by atoms with E-state index in [1.54, 1.807) is 0 Å². The molecule has 0 heterocycles. The van der Waals surface area contributed by atoms with Crippen molar-refractivity contribution >= 4 is 0 Å². The lowest BCUT2D eigenvalue weighted by Gasteiger charge is -2.37. The molecule has 0 amide bonds. The standard InChI is InChI=1S/C13H25/c1-5-6-12-9-11(4)7-8-13(12)10(2)3/h10-13H,1,5-9H2,2-4H3. The smallest absolute Gasteiger partial charge is 0.0362 e. The highest BCUT2D eigenvalue weighted by molar-refractivity contribution is 4.80. The van der Waals surface area contributed by atoms with Crippen LogP contribution < -0.4 is 0 Å². The lowest BCUT2D eigenvalue weighted by molar-refractivity contribution is 0.137. The molecule has 0 spiro atoms. The lowest BCUT2D eigenvalue weighted by atomic mass is 9.69. The average molecular weight is 181 g/mol. The van der Waals surface area contributed by atoms with Crippen LogP contribution in [-0.4, -0.2) is 0 Å². The molecule has 1 fully saturated rings. The summed E-state index contributed by atoms with van der Waals surface area (Å²) in [6, 6.07) is 0. The summed E-state index contributed by atoms with van der Waals surface area (Å²) in [6.07, 6.45) is 6.85. The summed E-state index contributed by atoms with van der Waals surface area (Å²) < 4.78 is 0. The van der Waals surface area contributed by atoms with Crippen molar-refractivity contribution < 1.29 is 0 Å². The SMILES string of the molecule is [CH2]CCC1CC(C)CCC1C(C)C. The second kappa shape index (κ2) is 5.02. The van der Waals surface area contributed by atoms with Gasteiger partial charge in [0.05, 0.1) is 0 Å². The molecule has 3 unspecified atom stereocenters. The molecule has 0 heteroatoms. The van der Waals surface area contributed by atoms with Crippen LogP contribution in [0.2, 0.25) is 0 Å². The zero-order chi connectivity index (χ0) is 9.84. The highest BCUT2D eigenvalue weighted by Crippen LogP contribution is 2.39. The first-order chi connectivity index (χ1) is 6.15. The Morgan fingerprint density at radius 3 is 2.54 bits per heavy atom. The Labute approximate surface area is 84.1 Å². The van der Waals surface area contributed by atoms with Crippen molar-refractivity contribution in [3.8, 4) is 0 Å². The summed E-state index contributed by atoms with van der Waals surface area (Å²) in [5.74, 6) is 3.80. The van der Waals surface area contributed by atoms with E-state index >= 15 is 0 Å². The van der Waals surface area contributed by atoms with Gasteiger partial charge in [0, 0.05) is 0 Å². The third-order valence-corrected chi connectivity index (χ3v) is 3.73.